The third kappa shape index (κ3) is 2.64. The van der Waals surface area contributed by atoms with E-state index in [0.29, 0.717) is 6.54 Å². The molecular weight excluding hydrogens is 280 g/mol. The van der Waals surface area contributed by atoms with Crippen molar-refractivity contribution in [3.05, 3.63) is 30.6 Å². The molecule has 0 saturated heterocycles. The van der Waals surface area contributed by atoms with Gasteiger partial charge in [0.25, 0.3) is 0 Å². The molecule has 0 radical (unpaired) electrons. The van der Waals surface area contributed by atoms with Crippen molar-refractivity contribution in [2.24, 2.45) is 0 Å². The van der Waals surface area contributed by atoms with Crippen LogP contribution in [0.15, 0.2) is 29.8 Å². The van der Waals surface area contributed by atoms with Crippen molar-refractivity contribution in [2.75, 3.05) is 6.54 Å². The molecule has 1 aromatic rings. The van der Waals surface area contributed by atoms with Gasteiger partial charge in [0.15, 0.2) is 0 Å². The van der Waals surface area contributed by atoms with E-state index in [2.05, 4.69) is 6.58 Å². The molecule has 7 heteroatoms. The van der Waals surface area contributed by atoms with Crippen molar-refractivity contribution in [2.45, 2.75) is 37.2 Å². The van der Waals surface area contributed by atoms with Crippen molar-refractivity contribution in [1.82, 2.24) is 8.87 Å². The summed E-state index contributed by atoms with van der Waals surface area (Å²) in [6.07, 6.45) is 4.61. The molecule has 0 aliphatic heterocycles. The van der Waals surface area contributed by atoms with E-state index in [1.165, 1.54) is 21.1 Å². The Labute approximate surface area is 118 Å². The number of carboxylic acids is 1. The number of sulfonamides is 1. The average molecular weight is 298 g/mol. The van der Waals surface area contributed by atoms with Gasteiger partial charge in [0, 0.05) is 25.3 Å². The Bertz CT molecular complexity index is 629. The predicted molar refractivity (Wildman–Crippen MR) is 74.2 cm³/mol. The number of carboxylic acid groups (broad SMARTS) is 1. The summed E-state index contributed by atoms with van der Waals surface area (Å²) < 4.78 is 28.0. The summed E-state index contributed by atoms with van der Waals surface area (Å²) in [5.41, 5.74) is -0.0135. The maximum absolute atomic E-state index is 12.6. The van der Waals surface area contributed by atoms with Crippen LogP contribution in [0.25, 0.3) is 0 Å². The molecule has 1 aromatic heterocycles. The molecule has 0 aromatic carbocycles. The highest BCUT2D eigenvalue weighted by Gasteiger charge is 2.38. The number of aromatic carboxylic acids is 1. The molecule has 6 nitrogen and oxygen atoms in total. The Balaban J connectivity index is 2.42. The first-order valence-corrected chi connectivity index (χ1v) is 7.92. The lowest BCUT2D eigenvalue weighted by molar-refractivity contribution is 0.0685. The van der Waals surface area contributed by atoms with E-state index in [4.69, 9.17) is 5.11 Å². The molecule has 0 bridgehead atoms. The van der Waals surface area contributed by atoms with Gasteiger partial charge < -0.3 is 9.67 Å². The van der Waals surface area contributed by atoms with Gasteiger partial charge in [0.2, 0.25) is 10.0 Å². The second-order valence-corrected chi connectivity index (χ2v) is 6.64. The topological polar surface area (TPSA) is 79.6 Å². The Kier molecular flexibility index (Phi) is 4.01. The summed E-state index contributed by atoms with van der Waals surface area (Å²) in [7, 11) is -3.67. The molecule has 1 fully saturated rings. The van der Waals surface area contributed by atoms with Gasteiger partial charge in [-0.15, -0.1) is 6.58 Å². The molecule has 0 unspecified atom stereocenters. The number of hydrogen-bond donors (Lipinski definition) is 1. The predicted octanol–water partition coefficient (Wildman–Crippen LogP) is 1.55. The highest BCUT2D eigenvalue weighted by Crippen LogP contribution is 2.32. The lowest BCUT2D eigenvalue weighted by Gasteiger charge is -2.19. The minimum absolute atomic E-state index is 0.0104. The Hall–Kier alpha value is -1.60. The van der Waals surface area contributed by atoms with Gasteiger partial charge in [0.1, 0.15) is 10.6 Å². The fourth-order valence-electron chi connectivity index (χ4n) is 2.13. The van der Waals surface area contributed by atoms with Gasteiger partial charge in [-0.05, 0) is 25.8 Å². The highest BCUT2D eigenvalue weighted by atomic mass is 32.2. The fourth-order valence-corrected chi connectivity index (χ4v) is 3.83. The zero-order chi connectivity index (χ0) is 14.9. The van der Waals surface area contributed by atoms with E-state index in [9.17, 15) is 13.2 Å². The van der Waals surface area contributed by atoms with Crippen LogP contribution in [0.5, 0.6) is 0 Å². The maximum atomic E-state index is 12.6. The van der Waals surface area contributed by atoms with Crippen LogP contribution >= 0.6 is 0 Å². The smallest absolute Gasteiger partial charge is 0.352 e. The maximum Gasteiger partial charge on any atom is 0.352 e. The van der Waals surface area contributed by atoms with Crippen molar-refractivity contribution >= 4 is 16.0 Å². The van der Waals surface area contributed by atoms with Crippen LogP contribution in [0.4, 0.5) is 0 Å². The second kappa shape index (κ2) is 5.41. The first kappa shape index (κ1) is 14.8. The van der Waals surface area contributed by atoms with Crippen molar-refractivity contribution < 1.29 is 18.3 Å². The van der Waals surface area contributed by atoms with Gasteiger partial charge in [-0.3, -0.25) is 0 Å². The zero-order valence-corrected chi connectivity index (χ0v) is 12.1. The Morgan fingerprint density at radius 2 is 2.25 bits per heavy atom. The van der Waals surface area contributed by atoms with E-state index in [-0.39, 0.29) is 23.2 Å². The third-order valence-corrected chi connectivity index (χ3v) is 5.18. The summed E-state index contributed by atoms with van der Waals surface area (Å²) in [4.78, 5) is 11.2. The molecule has 2 rings (SSSR count). The fraction of sp³-hybridized carbons (Fsp3) is 0.462. The summed E-state index contributed by atoms with van der Waals surface area (Å²) in [6.45, 7) is 6.00. The molecule has 0 spiro atoms. The Morgan fingerprint density at radius 3 is 2.65 bits per heavy atom. The van der Waals surface area contributed by atoms with Gasteiger partial charge in [0.05, 0.1) is 0 Å². The second-order valence-electron chi connectivity index (χ2n) is 4.75. The van der Waals surface area contributed by atoms with Crippen LogP contribution in [0.2, 0.25) is 0 Å². The molecule has 20 heavy (non-hydrogen) atoms. The van der Waals surface area contributed by atoms with E-state index in [1.54, 1.807) is 13.0 Å². The summed E-state index contributed by atoms with van der Waals surface area (Å²) in [6, 6.07) is 1.23. The molecule has 0 atom stereocenters. The molecule has 1 aliphatic carbocycles. The van der Waals surface area contributed by atoms with Crippen LogP contribution in [0, 0.1) is 0 Å². The van der Waals surface area contributed by atoms with Gasteiger partial charge in [-0.2, -0.15) is 4.31 Å². The van der Waals surface area contributed by atoms with Crippen LogP contribution in [0.1, 0.15) is 30.3 Å². The lowest BCUT2D eigenvalue weighted by atomic mass is 10.4. The van der Waals surface area contributed by atoms with Crippen molar-refractivity contribution in [3.63, 3.8) is 0 Å². The van der Waals surface area contributed by atoms with Crippen LogP contribution in [0.3, 0.4) is 0 Å². The first-order valence-electron chi connectivity index (χ1n) is 6.48. The van der Waals surface area contributed by atoms with Crippen LogP contribution in [-0.4, -0.2) is 41.0 Å². The lowest BCUT2D eigenvalue weighted by Crippen LogP contribution is -2.33. The van der Waals surface area contributed by atoms with E-state index < -0.39 is 16.0 Å². The molecule has 110 valence electrons. The number of hydrogen-bond acceptors (Lipinski definition) is 3. The van der Waals surface area contributed by atoms with E-state index in [1.807, 2.05) is 0 Å². The molecule has 1 saturated carbocycles. The summed E-state index contributed by atoms with van der Waals surface area (Å²) >= 11 is 0. The van der Waals surface area contributed by atoms with E-state index in [0.717, 1.165) is 12.8 Å². The molecule has 0 amide bonds. The number of rotatable bonds is 7. The molecular formula is C13H18N2O4S. The summed E-state index contributed by atoms with van der Waals surface area (Å²) in [5, 5.41) is 9.09. The zero-order valence-electron chi connectivity index (χ0n) is 11.3. The molecule has 1 heterocycles. The van der Waals surface area contributed by atoms with Gasteiger partial charge in [-0.1, -0.05) is 6.08 Å². The van der Waals surface area contributed by atoms with Gasteiger partial charge >= 0.3 is 5.97 Å². The normalized spacial score (nSPS) is 15.5. The molecule has 1 N–H and O–H groups in total. The highest BCUT2D eigenvalue weighted by molar-refractivity contribution is 7.89. The standard InChI is InChI=1S/C13H18N2O4S/c1-3-7-15(10-5-6-10)20(18,19)11-8-12(13(16)17)14(4-2)9-11/h3,8-10H,1,4-7H2,2H3,(H,16,17). The minimum Gasteiger partial charge on any atom is -0.477 e. The number of nitrogens with zero attached hydrogens (tertiary/aromatic N) is 2. The first-order chi connectivity index (χ1) is 9.41. The summed E-state index contributed by atoms with van der Waals surface area (Å²) in [5.74, 6) is -1.13. The van der Waals surface area contributed by atoms with Crippen LogP contribution < -0.4 is 0 Å². The monoisotopic (exact) mass is 298 g/mol. The minimum atomic E-state index is -3.67. The van der Waals surface area contributed by atoms with Crippen molar-refractivity contribution in [1.29, 1.82) is 0 Å². The number of aryl methyl sites for hydroxylation is 1. The average Bonchev–Trinajstić information content (AvgIpc) is 3.11. The largest absolute Gasteiger partial charge is 0.477 e. The van der Waals surface area contributed by atoms with Crippen LogP contribution in [-0.2, 0) is 16.6 Å². The quantitative estimate of drug-likeness (QED) is 0.774. The number of aromatic nitrogens is 1. The number of carbonyl (C=O) groups is 1. The Morgan fingerprint density at radius 1 is 1.60 bits per heavy atom. The third-order valence-electron chi connectivity index (χ3n) is 3.30. The van der Waals surface area contributed by atoms with E-state index >= 15 is 0 Å². The molecule has 1 aliphatic rings. The van der Waals surface area contributed by atoms with Gasteiger partial charge in [-0.25, -0.2) is 13.2 Å². The SMILES string of the molecule is C=CCN(C1CC1)S(=O)(=O)c1cc(C(=O)O)n(CC)c1. The van der Waals surface area contributed by atoms with Crippen molar-refractivity contribution in [3.8, 4) is 0 Å².